The molecule has 0 unspecified atom stereocenters. The summed E-state index contributed by atoms with van der Waals surface area (Å²) in [6, 6.07) is 4.83. The van der Waals surface area contributed by atoms with E-state index in [-0.39, 0.29) is 10.8 Å². The molecule has 18 heavy (non-hydrogen) atoms. The maximum atomic E-state index is 14.3. The number of benzene rings is 1. The molecule has 0 N–H and O–H groups in total. The smallest absolute Gasteiger partial charge is 0.222 e. The molecule has 0 saturated heterocycles. The molecule has 2 heterocycles. The van der Waals surface area contributed by atoms with E-state index >= 15 is 0 Å². The highest BCUT2D eigenvalue weighted by Gasteiger charge is 2.14. The number of aryl methyl sites for hydroxylation is 1. The van der Waals surface area contributed by atoms with Crippen LogP contribution in [0.2, 0.25) is 5.28 Å². The van der Waals surface area contributed by atoms with Crippen molar-refractivity contribution >= 4 is 22.7 Å². The summed E-state index contributed by atoms with van der Waals surface area (Å²) in [6.45, 7) is 1.67. The van der Waals surface area contributed by atoms with Gasteiger partial charge in [0.2, 0.25) is 5.28 Å². The quantitative estimate of drug-likeness (QED) is 0.632. The Labute approximate surface area is 106 Å². The van der Waals surface area contributed by atoms with E-state index in [2.05, 4.69) is 15.0 Å². The van der Waals surface area contributed by atoms with Gasteiger partial charge in [0.1, 0.15) is 5.52 Å². The largest absolute Gasteiger partial charge is 0.441 e. The average molecular weight is 264 g/mol. The molecule has 1 aromatic carbocycles. The summed E-state index contributed by atoms with van der Waals surface area (Å²) >= 11 is 5.69. The maximum Gasteiger partial charge on any atom is 0.222 e. The topological polar surface area (TPSA) is 51.8 Å². The van der Waals surface area contributed by atoms with E-state index in [0.29, 0.717) is 22.7 Å². The Morgan fingerprint density at radius 3 is 2.83 bits per heavy atom. The summed E-state index contributed by atoms with van der Waals surface area (Å²) in [5.41, 5.74) is 1.34. The number of aromatic nitrogens is 3. The molecule has 4 nitrogen and oxygen atoms in total. The molecule has 0 spiro atoms. The summed E-state index contributed by atoms with van der Waals surface area (Å²) in [6.07, 6.45) is 1.47. The van der Waals surface area contributed by atoms with Crippen molar-refractivity contribution in [2.24, 2.45) is 0 Å². The third-order valence-electron chi connectivity index (χ3n) is 2.51. The summed E-state index contributed by atoms with van der Waals surface area (Å²) in [5, 5.41) is 0.0725. The molecular formula is C12H7ClFN3O. The number of hydrogen-bond donors (Lipinski definition) is 0. The van der Waals surface area contributed by atoms with Crippen LogP contribution >= 0.6 is 11.6 Å². The second-order valence-electron chi connectivity index (χ2n) is 3.72. The first-order chi connectivity index (χ1) is 8.65. The van der Waals surface area contributed by atoms with Crippen molar-refractivity contribution in [2.45, 2.75) is 6.92 Å². The van der Waals surface area contributed by atoms with Crippen molar-refractivity contribution < 1.29 is 8.81 Å². The van der Waals surface area contributed by atoms with Gasteiger partial charge in [0.15, 0.2) is 17.3 Å². The molecule has 6 heteroatoms. The summed E-state index contributed by atoms with van der Waals surface area (Å²) in [4.78, 5) is 11.7. The van der Waals surface area contributed by atoms with Crippen molar-refractivity contribution in [3.05, 3.63) is 41.4 Å². The third-order valence-corrected chi connectivity index (χ3v) is 2.69. The highest BCUT2D eigenvalue weighted by Crippen LogP contribution is 2.28. The summed E-state index contributed by atoms with van der Waals surface area (Å²) in [7, 11) is 0. The Balaban J connectivity index is 2.26. The zero-order valence-electron chi connectivity index (χ0n) is 9.32. The molecule has 0 atom stereocenters. The fraction of sp³-hybridized carbons (Fsp3) is 0.0833. The van der Waals surface area contributed by atoms with Gasteiger partial charge in [-0.15, -0.1) is 0 Å². The molecule has 2 aromatic heterocycles. The Morgan fingerprint density at radius 2 is 2.06 bits per heavy atom. The number of halogens is 2. The van der Waals surface area contributed by atoms with E-state index in [0.717, 1.165) is 0 Å². The second-order valence-corrected chi connectivity index (χ2v) is 4.06. The normalized spacial score (nSPS) is 11.1. The molecule has 0 saturated carbocycles. The predicted octanol–water partition coefficient (Wildman–Crippen LogP) is 3.39. The monoisotopic (exact) mass is 263 g/mol. The second kappa shape index (κ2) is 4.03. The first-order valence-electron chi connectivity index (χ1n) is 5.20. The SMILES string of the molecule is Cc1nc2c(F)c(-c3ccnc(Cl)n3)ccc2o1. The number of rotatable bonds is 1. The van der Waals surface area contributed by atoms with E-state index in [9.17, 15) is 4.39 Å². The van der Waals surface area contributed by atoms with Crippen LogP contribution in [0, 0.1) is 12.7 Å². The summed E-state index contributed by atoms with van der Waals surface area (Å²) in [5.74, 6) is -0.0547. The highest BCUT2D eigenvalue weighted by atomic mass is 35.5. The third kappa shape index (κ3) is 1.73. The molecule has 0 aliphatic carbocycles. The molecule has 0 aliphatic rings. The predicted molar refractivity (Wildman–Crippen MR) is 64.7 cm³/mol. The molecule has 0 bridgehead atoms. The Hall–Kier alpha value is -2.01. The molecule has 0 aliphatic heterocycles. The van der Waals surface area contributed by atoms with E-state index < -0.39 is 5.82 Å². The van der Waals surface area contributed by atoms with Gasteiger partial charge in [0.25, 0.3) is 0 Å². The first-order valence-corrected chi connectivity index (χ1v) is 5.57. The van der Waals surface area contributed by atoms with Crippen LogP contribution in [0.4, 0.5) is 4.39 Å². The van der Waals surface area contributed by atoms with Crippen molar-refractivity contribution in [1.82, 2.24) is 15.0 Å². The van der Waals surface area contributed by atoms with Crippen molar-refractivity contribution in [3.8, 4) is 11.3 Å². The molecule has 0 radical (unpaired) electrons. The van der Waals surface area contributed by atoms with E-state index in [1.54, 1.807) is 25.1 Å². The van der Waals surface area contributed by atoms with Crippen LogP contribution in [0.5, 0.6) is 0 Å². The number of fused-ring (bicyclic) bond motifs is 1. The lowest BCUT2D eigenvalue weighted by Crippen LogP contribution is -1.91. The van der Waals surface area contributed by atoms with Crippen molar-refractivity contribution in [3.63, 3.8) is 0 Å². The van der Waals surface area contributed by atoms with Gasteiger partial charge in [-0.1, -0.05) is 0 Å². The van der Waals surface area contributed by atoms with Gasteiger partial charge in [-0.3, -0.25) is 0 Å². The Kier molecular flexibility index (Phi) is 2.48. The Bertz CT molecular complexity index is 741. The molecular weight excluding hydrogens is 257 g/mol. The van der Waals surface area contributed by atoms with Gasteiger partial charge in [-0.05, 0) is 29.8 Å². The van der Waals surface area contributed by atoms with Crippen LogP contribution in [-0.2, 0) is 0 Å². The van der Waals surface area contributed by atoms with Gasteiger partial charge < -0.3 is 4.42 Å². The lowest BCUT2D eigenvalue weighted by Gasteiger charge is -2.02. The van der Waals surface area contributed by atoms with Crippen LogP contribution in [0.15, 0.2) is 28.8 Å². The molecule has 90 valence electrons. The zero-order chi connectivity index (χ0) is 12.7. The average Bonchev–Trinajstić information content (AvgIpc) is 2.71. The van der Waals surface area contributed by atoms with Crippen LogP contribution in [-0.4, -0.2) is 15.0 Å². The standard InChI is InChI=1S/C12H7ClFN3O/c1-6-16-11-9(18-6)3-2-7(10(11)14)8-4-5-15-12(13)17-8/h2-5H,1H3. The lowest BCUT2D eigenvalue weighted by molar-refractivity contribution is 0.561. The zero-order valence-corrected chi connectivity index (χ0v) is 10.1. The van der Waals surface area contributed by atoms with E-state index in [4.69, 9.17) is 16.0 Å². The van der Waals surface area contributed by atoms with Crippen LogP contribution < -0.4 is 0 Å². The van der Waals surface area contributed by atoms with Crippen molar-refractivity contribution in [2.75, 3.05) is 0 Å². The van der Waals surface area contributed by atoms with Gasteiger partial charge in [-0.25, -0.2) is 19.3 Å². The van der Waals surface area contributed by atoms with E-state index in [1.165, 1.54) is 6.20 Å². The summed E-state index contributed by atoms with van der Waals surface area (Å²) < 4.78 is 19.5. The minimum atomic E-state index is -0.473. The fourth-order valence-electron chi connectivity index (χ4n) is 1.76. The lowest BCUT2D eigenvalue weighted by atomic mass is 10.1. The van der Waals surface area contributed by atoms with E-state index in [1.807, 2.05) is 0 Å². The highest BCUT2D eigenvalue weighted by molar-refractivity contribution is 6.28. The van der Waals surface area contributed by atoms with Gasteiger partial charge in [0, 0.05) is 18.7 Å². The van der Waals surface area contributed by atoms with Crippen LogP contribution in [0.1, 0.15) is 5.89 Å². The minimum absolute atomic E-state index is 0.0725. The molecule has 0 amide bonds. The number of nitrogens with zero attached hydrogens (tertiary/aromatic N) is 3. The van der Waals surface area contributed by atoms with Gasteiger partial charge >= 0.3 is 0 Å². The molecule has 3 rings (SSSR count). The van der Waals surface area contributed by atoms with Crippen molar-refractivity contribution in [1.29, 1.82) is 0 Å². The van der Waals surface area contributed by atoms with Gasteiger partial charge in [0.05, 0.1) is 5.69 Å². The maximum absolute atomic E-state index is 14.3. The first kappa shape index (κ1) is 11.1. The fourth-order valence-corrected chi connectivity index (χ4v) is 1.90. The Morgan fingerprint density at radius 1 is 1.22 bits per heavy atom. The van der Waals surface area contributed by atoms with Crippen LogP contribution in [0.3, 0.4) is 0 Å². The molecule has 3 aromatic rings. The van der Waals surface area contributed by atoms with Gasteiger partial charge in [-0.2, -0.15) is 0 Å². The number of hydrogen-bond acceptors (Lipinski definition) is 4. The number of oxazole rings is 1. The van der Waals surface area contributed by atoms with Crippen LogP contribution in [0.25, 0.3) is 22.4 Å². The molecule has 0 fully saturated rings. The minimum Gasteiger partial charge on any atom is -0.441 e.